The van der Waals surface area contributed by atoms with Crippen LogP contribution in [0.1, 0.15) is 16.7 Å². The standard InChI is InChI=1S/C22H20FNO/c23-20-13-11-19(12-14-20)22(21(25)15-24-16-21,17-7-3-1-4-8-17)18-9-5-2-6-10-18/h1-14,24-25H,15-16H2. The Balaban J connectivity index is 2.07. The Morgan fingerprint density at radius 3 is 1.56 bits per heavy atom. The first-order valence-corrected chi connectivity index (χ1v) is 8.47. The number of benzene rings is 3. The molecule has 4 rings (SSSR count). The molecule has 0 bridgehead atoms. The van der Waals surface area contributed by atoms with Crippen molar-refractivity contribution in [2.75, 3.05) is 13.1 Å². The van der Waals surface area contributed by atoms with E-state index in [0.29, 0.717) is 13.1 Å². The van der Waals surface area contributed by atoms with E-state index in [1.54, 1.807) is 12.1 Å². The van der Waals surface area contributed by atoms with Crippen molar-refractivity contribution in [3.63, 3.8) is 0 Å². The summed E-state index contributed by atoms with van der Waals surface area (Å²) in [6, 6.07) is 26.5. The molecule has 0 atom stereocenters. The Morgan fingerprint density at radius 1 is 0.720 bits per heavy atom. The van der Waals surface area contributed by atoms with Crippen LogP contribution in [-0.2, 0) is 5.41 Å². The molecule has 0 radical (unpaired) electrons. The number of aliphatic hydroxyl groups is 1. The first-order valence-electron chi connectivity index (χ1n) is 8.47. The lowest BCUT2D eigenvalue weighted by atomic mass is 9.57. The molecular formula is C22H20FNO. The van der Waals surface area contributed by atoms with Gasteiger partial charge in [0.2, 0.25) is 0 Å². The van der Waals surface area contributed by atoms with E-state index in [4.69, 9.17) is 0 Å². The minimum atomic E-state index is -0.993. The van der Waals surface area contributed by atoms with Crippen LogP contribution in [0.4, 0.5) is 4.39 Å². The number of hydrogen-bond donors (Lipinski definition) is 2. The molecular weight excluding hydrogens is 313 g/mol. The third-order valence-electron chi connectivity index (χ3n) is 5.22. The third kappa shape index (κ3) is 2.39. The Morgan fingerprint density at radius 2 is 1.16 bits per heavy atom. The first kappa shape index (κ1) is 16.0. The predicted octanol–water partition coefficient (Wildman–Crippen LogP) is 3.49. The lowest BCUT2D eigenvalue weighted by molar-refractivity contribution is -0.0523. The van der Waals surface area contributed by atoms with Gasteiger partial charge in [-0.3, -0.25) is 0 Å². The van der Waals surface area contributed by atoms with E-state index in [9.17, 15) is 9.50 Å². The highest BCUT2D eigenvalue weighted by atomic mass is 19.1. The summed E-state index contributed by atoms with van der Waals surface area (Å²) in [5.74, 6) is -0.280. The summed E-state index contributed by atoms with van der Waals surface area (Å²) >= 11 is 0. The fraction of sp³-hybridized carbons (Fsp3) is 0.182. The van der Waals surface area contributed by atoms with Crippen molar-refractivity contribution in [1.82, 2.24) is 5.32 Å². The van der Waals surface area contributed by atoms with Crippen LogP contribution in [0.5, 0.6) is 0 Å². The molecule has 0 saturated carbocycles. The van der Waals surface area contributed by atoms with Gasteiger partial charge in [0.25, 0.3) is 0 Å². The molecule has 3 heteroatoms. The fourth-order valence-corrected chi connectivity index (χ4v) is 4.01. The molecule has 1 aliphatic heterocycles. The topological polar surface area (TPSA) is 32.3 Å². The van der Waals surface area contributed by atoms with Crippen LogP contribution in [-0.4, -0.2) is 23.8 Å². The molecule has 0 aromatic heterocycles. The molecule has 1 aliphatic rings. The number of β-amino-alcohol motifs (C(OH)–C–C–N with tert-alkyl or cyclic N) is 1. The highest BCUT2D eigenvalue weighted by Crippen LogP contribution is 2.49. The van der Waals surface area contributed by atoms with Crippen molar-refractivity contribution in [3.8, 4) is 0 Å². The van der Waals surface area contributed by atoms with Crippen molar-refractivity contribution >= 4 is 0 Å². The minimum Gasteiger partial charge on any atom is -0.386 e. The Hall–Kier alpha value is -2.49. The second-order valence-electron chi connectivity index (χ2n) is 6.62. The fourth-order valence-electron chi connectivity index (χ4n) is 4.01. The van der Waals surface area contributed by atoms with Gasteiger partial charge in [-0.15, -0.1) is 0 Å². The molecule has 0 spiro atoms. The summed E-state index contributed by atoms with van der Waals surface area (Å²) in [5.41, 5.74) is 1.12. The Kier molecular flexibility index (Phi) is 3.91. The van der Waals surface area contributed by atoms with Gasteiger partial charge in [0.1, 0.15) is 11.4 Å². The van der Waals surface area contributed by atoms with E-state index in [1.807, 2.05) is 60.7 Å². The molecule has 25 heavy (non-hydrogen) atoms. The van der Waals surface area contributed by atoms with Gasteiger partial charge in [0.05, 0.1) is 5.41 Å². The predicted molar refractivity (Wildman–Crippen MR) is 97.0 cm³/mol. The van der Waals surface area contributed by atoms with Crippen LogP contribution in [0.2, 0.25) is 0 Å². The van der Waals surface area contributed by atoms with Crippen molar-refractivity contribution in [1.29, 1.82) is 0 Å². The highest BCUT2D eigenvalue weighted by Gasteiger charge is 2.57. The lowest BCUT2D eigenvalue weighted by Gasteiger charge is -2.54. The Bertz CT molecular complexity index is 803. The van der Waals surface area contributed by atoms with Crippen LogP contribution >= 0.6 is 0 Å². The van der Waals surface area contributed by atoms with Gasteiger partial charge in [0, 0.05) is 13.1 Å². The molecule has 0 aliphatic carbocycles. The van der Waals surface area contributed by atoms with Crippen molar-refractivity contribution in [3.05, 3.63) is 107 Å². The number of hydrogen-bond acceptors (Lipinski definition) is 2. The zero-order valence-corrected chi connectivity index (χ0v) is 13.8. The number of rotatable bonds is 4. The lowest BCUT2D eigenvalue weighted by Crippen LogP contribution is -2.71. The van der Waals surface area contributed by atoms with Crippen LogP contribution in [0, 0.1) is 5.82 Å². The molecule has 1 fully saturated rings. The maximum Gasteiger partial charge on any atom is 0.123 e. The van der Waals surface area contributed by atoms with E-state index < -0.39 is 11.0 Å². The van der Waals surface area contributed by atoms with Crippen molar-refractivity contribution in [2.45, 2.75) is 11.0 Å². The monoisotopic (exact) mass is 333 g/mol. The van der Waals surface area contributed by atoms with E-state index in [0.717, 1.165) is 16.7 Å². The second kappa shape index (κ2) is 6.10. The largest absolute Gasteiger partial charge is 0.386 e. The summed E-state index contributed by atoms with van der Waals surface area (Å²) in [4.78, 5) is 0. The normalized spacial score (nSPS) is 16.2. The smallest absolute Gasteiger partial charge is 0.123 e. The van der Waals surface area contributed by atoms with Gasteiger partial charge in [0.15, 0.2) is 0 Å². The van der Waals surface area contributed by atoms with Gasteiger partial charge < -0.3 is 10.4 Å². The number of nitrogens with one attached hydrogen (secondary N) is 1. The van der Waals surface area contributed by atoms with E-state index in [-0.39, 0.29) is 5.82 Å². The Labute approximate surface area is 147 Å². The highest BCUT2D eigenvalue weighted by molar-refractivity contribution is 5.55. The molecule has 1 heterocycles. The van der Waals surface area contributed by atoms with Gasteiger partial charge in [-0.1, -0.05) is 72.8 Å². The molecule has 0 amide bonds. The summed E-state index contributed by atoms with van der Waals surface area (Å²) in [6.45, 7) is 0.961. The van der Waals surface area contributed by atoms with E-state index in [2.05, 4.69) is 5.32 Å². The first-order chi connectivity index (χ1) is 12.2. The van der Waals surface area contributed by atoms with Crippen LogP contribution in [0.3, 0.4) is 0 Å². The SMILES string of the molecule is OC1(C(c2ccccc2)(c2ccccc2)c2ccc(F)cc2)CNC1. The summed E-state index contributed by atoms with van der Waals surface area (Å²) in [7, 11) is 0. The molecule has 1 saturated heterocycles. The zero-order chi connectivity index (χ0) is 17.3. The van der Waals surface area contributed by atoms with Crippen LogP contribution in [0.25, 0.3) is 0 Å². The van der Waals surface area contributed by atoms with Gasteiger partial charge in [-0.05, 0) is 28.8 Å². The second-order valence-corrected chi connectivity index (χ2v) is 6.62. The summed E-state index contributed by atoms with van der Waals surface area (Å²) in [5, 5.41) is 14.8. The average molecular weight is 333 g/mol. The zero-order valence-electron chi connectivity index (χ0n) is 13.8. The molecule has 0 unspecified atom stereocenters. The number of halogens is 1. The molecule has 2 N–H and O–H groups in total. The van der Waals surface area contributed by atoms with Crippen molar-refractivity contribution < 1.29 is 9.50 Å². The molecule has 2 nitrogen and oxygen atoms in total. The van der Waals surface area contributed by atoms with E-state index in [1.165, 1.54) is 12.1 Å². The van der Waals surface area contributed by atoms with Gasteiger partial charge >= 0.3 is 0 Å². The maximum atomic E-state index is 13.6. The minimum absolute atomic E-state index is 0.280. The quantitative estimate of drug-likeness (QED) is 0.716. The summed E-state index contributed by atoms with van der Waals surface area (Å²) < 4.78 is 13.6. The van der Waals surface area contributed by atoms with Crippen molar-refractivity contribution in [2.24, 2.45) is 0 Å². The van der Waals surface area contributed by atoms with Crippen LogP contribution < -0.4 is 5.32 Å². The summed E-state index contributed by atoms with van der Waals surface area (Å²) in [6.07, 6.45) is 0. The molecule has 3 aromatic rings. The average Bonchev–Trinajstić information content (AvgIpc) is 2.64. The van der Waals surface area contributed by atoms with E-state index >= 15 is 0 Å². The van der Waals surface area contributed by atoms with Gasteiger partial charge in [-0.25, -0.2) is 4.39 Å². The molecule has 3 aromatic carbocycles. The maximum absolute atomic E-state index is 13.6. The van der Waals surface area contributed by atoms with Gasteiger partial charge in [-0.2, -0.15) is 0 Å². The third-order valence-corrected chi connectivity index (χ3v) is 5.22. The van der Waals surface area contributed by atoms with Crippen LogP contribution in [0.15, 0.2) is 84.9 Å². The molecule has 126 valence electrons.